The van der Waals surface area contributed by atoms with E-state index in [2.05, 4.69) is 4.72 Å². The third-order valence-corrected chi connectivity index (χ3v) is 4.36. The van der Waals surface area contributed by atoms with Crippen LogP contribution in [0.4, 0.5) is 0 Å². The molecule has 7 heteroatoms. The summed E-state index contributed by atoms with van der Waals surface area (Å²) in [4.78, 5) is 0. The average Bonchev–Trinajstić information content (AvgIpc) is 2.34. The van der Waals surface area contributed by atoms with Gasteiger partial charge in [0.25, 0.3) is 10.2 Å². The van der Waals surface area contributed by atoms with E-state index in [1.165, 1.54) is 4.31 Å². The van der Waals surface area contributed by atoms with Crippen molar-refractivity contribution in [1.29, 1.82) is 0 Å². The number of hydrogen-bond donors (Lipinski definition) is 2. The van der Waals surface area contributed by atoms with Gasteiger partial charge in [-0.15, -0.1) is 0 Å². The van der Waals surface area contributed by atoms with E-state index in [1.807, 2.05) is 6.92 Å². The lowest BCUT2D eigenvalue weighted by Crippen LogP contribution is -2.46. The molecule has 0 aromatic carbocycles. The standard InChI is InChI=1S/C10H23N3O3S/c1-2-6-12-17(14,15)13-7-3-10(4-8-13)16-9-5-11/h10,12H,2-9,11H2,1H3. The van der Waals surface area contributed by atoms with Crippen LogP contribution in [0.3, 0.4) is 0 Å². The van der Waals surface area contributed by atoms with E-state index in [4.69, 9.17) is 10.5 Å². The van der Waals surface area contributed by atoms with Crippen LogP contribution < -0.4 is 10.5 Å². The lowest BCUT2D eigenvalue weighted by atomic mass is 10.1. The molecular weight excluding hydrogens is 242 g/mol. The molecule has 0 aliphatic carbocycles. The molecule has 0 spiro atoms. The van der Waals surface area contributed by atoms with E-state index in [0.717, 1.165) is 19.3 Å². The predicted molar refractivity (Wildman–Crippen MR) is 66.8 cm³/mol. The average molecular weight is 265 g/mol. The van der Waals surface area contributed by atoms with Gasteiger partial charge in [-0.25, -0.2) is 4.72 Å². The van der Waals surface area contributed by atoms with Crippen molar-refractivity contribution in [3.05, 3.63) is 0 Å². The Balaban J connectivity index is 2.35. The Labute approximate surface area is 104 Å². The smallest absolute Gasteiger partial charge is 0.279 e. The van der Waals surface area contributed by atoms with Crippen LogP contribution in [0.25, 0.3) is 0 Å². The summed E-state index contributed by atoms with van der Waals surface area (Å²) in [6, 6.07) is 0. The van der Waals surface area contributed by atoms with E-state index < -0.39 is 10.2 Å². The van der Waals surface area contributed by atoms with Crippen molar-refractivity contribution in [1.82, 2.24) is 9.03 Å². The minimum atomic E-state index is -3.29. The largest absolute Gasteiger partial charge is 0.377 e. The molecule has 3 N–H and O–H groups in total. The van der Waals surface area contributed by atoms with Gasteiger partial charge in [-0.1, -0.05) is 6.92 Å². The summed E-state index contributed by atoms with van der Waals surface area (Å²) < 4.78 is 33.2. The Morgan fingerprint density at radius 2 is 2.06 bits per heavy atom. The van der Waals surface area contributed by atoms with Gasteiger partial charge in [0.2, 0.25) is 0 Å². The van der Waals surface area contributed by atoms with Crippen LogP contribution in [0.2, 0.25) is 0 Å². The SMILES string of the molecule is CCCNS(=O)(=O)N1CCC(OCCN)CC1. The van der Waals surface area contributed by atoms with E-state index in [9.17, 15) is 8.42 Å². The van der Waals surface area contributed by atoms with Crippen LogP contribution in [0.5, 0.6) is 0 Å². The zero-order valence-electron chi connectivity index (χ0n) is 10.4. The lowest BCUT2D eigenvalue weighted by molar-refractivity contribution is 0.0256. The van der Waals surface area contributed by atoms with Crippen LogP contribution >= 0.6 is 0 Å². The van der Waals surface area contributed by atoms with Crippen molar-refractivity contribution in [2.75, 3.05) is 32.8 Å². The zero-order chi connectivity index (χ0) is 12.7. The number of nitrogens with two attached hydrogens (primary N) is 1. The monoisotopic (exact) mass is 265 g/mol. The topological polar surface area (TPSA) is 84.7 Å². The minimum absolute atomic E-state index is 0.149. The summed E-state index contributed by atoms with van der Waals surface area (Å²) in [5.41, 5.74) is 5.36. The highest BCUT2D eigenvalue weighted by molar-refractivity contribution is 7.87. The Bertz CT molecular complexity index is 300. The second kappa shape index (κ2) is 7.27. The Morgan fingerprint density at radius 3 is 2.59 bits per heavy atom. The molecule has 1 aliphatic heterocycles. The molecule has 0 unspecified atom stereocenters. The van der Waals surface area contributed by atoms with Gasteiger partial charge < -0.3 is 10.5 Å². The maximum absolute atomic E-state index is 11.8. The van der Waals surface area contributed by atoms with E-state index in [-0.39, 0.29) is 6.10 Å². The van der Waals surface area contributed by atoms with Gasteiger partial charge in [0.15, 0.2) is 0 Å². The van der Waals surface area contributed by atoms with Gasteiger partial charge in [-0.2, -0.15) is 12.7 Å². The molecule has 0 aromatic rings. The van der Waals surface area contributed by atoms with Crippen molar-refractivity contribution in [3.8, 4) is 0 Å². The first kappa shape index (κ1) is 14.8. The fraction of sp³-hybridized carbons (Fsp3) is 1.00. The Kier molecular flexibility index (Phi) is 6.35. The first-order chi connectivity index (χ1) is 8.10. The van der Waals surface area contributed by atoms with E-state index >= 15 is 0 Å². The van der Waals surface area contributed by atoms with Crippen LogP contribution in [-0.4, -0.2) is 51.6 Å². The van der Waals surface area contributed by atoms with Crippen LogP contribution in [-0.2, 0) is 14.9 Å². The molecule has 0 aromatic heterocycles. The molecular formula is C10H23N3O3S. The summed E-state index contributed by atoms with van der Waals surface area (Å²) in [7, 11) is -3.29. The molecule has 1 saturated heterocycles. The maximum atomic E-state index is 11.8. The third-order valence-electron chi connectivity index (χ3n) is 2.75. The molecule has 0 bridgehead atoms. The molecule has 0 radical (unpaired) electrons. The first-order valence-corrected chi connectivity index (χ1v) is 7.60. The molecule has 0 atom stereocenters. The molecule has 1 fully saturated rings. The van der Waals surface area contributed by atoms with Gasteiger partial charge in [0, 0.05) is 26.2 Å². The van der Waals surface area contributed by atoms with Crippen molar-refractivity contribution in [2.45, 2.75) is 32.3 Å². The summed E-state index contributed by atoms with van der Waals surface area (Å²) in [6.07, 6.45) is 2.44. The number of nitrogens with zero attached hydrogens (tertiary/aromatic N) is 1. The van der Waals surface area contributed by atoms with Crippen molar-refractivity contribution in [3.63, 3.8) is 0 Å². The second-order valence-corrected chi connectivity index (χ2v) is 5.91. The maximum Gasteiger partial charge on any atom is 0.279 e. The first-order valence-electron chi connectivity index (χ1n) is 6.16. The number of piperidine rings is 1. The summed E-state index contributed by atoms with van der Waals surface area (Å²) in [5.74, 6) is 0. The van der Waals surface area contributed by atoms with E-state index in [1.54, 1.807) is 0 Å². The summed E-state index contributed by atoms with van der Waals surface area (Å²) >= 11 is 0. The van der Waals surface area contributed by atoms with Crippen molar-refractivity contribution >= 4 is 10.2 Å². The molecule has 17 heavy (non-hydrogen) atoms. The highest BCUT2D eigenvalue weighted by atomic mass is 32.2. The van der Waals surface area contributed by atoms with Crippen molar-refractivity contribution in [2.24, 2.45) is 5.73 Å². The molecule has 6 nitrogen and oxygen atoms in total. The molecule has 1 rings (SSSR count). The predicted octanol–water partition coefficient (Wildman–Crippen LogP) is -0.329. The van der Waals surface area contributed by atoms with Crippen LogP contribution in [0.15, 0.2) is 0 Å². The zero-order valence-corrected chi connectivity index (χ0v) is 11.2. The normalized spacial score (nSPS) is 19.6. The van der Waals surface area contributed by atoms with Gasteiger partial charge in [0.05, 0.1) is 12.7 Å². The Morgan fingerprint density at radius 1 is 1.41 bits per heavy atom. The number of nitrogens with one attached hydrogen (secondary N) is 1. The number of hydrogen-bond acceptors (Lipinski definition) is 4. The number of rotatable bonds is 7. The van der Waals surface area contributed by atoms with E-state index in [0.29, 0.717) is 32.8 Å². The summed E-state index contributed by atoms with van der Waals surface area (Å²) in [6.45, 7) is 4.53. The highest BCUT2D eigenvalue weighted by Crippen LogP contribution is 2.15. The second-order valence-electron chi connectivity index (χ2n) is 4.16. The van der Waals surface area contributed by atoms with Gasteiger partial charge in [-0.05, 0) is 19.3 Å². The number of ether oxygens (including phenoxy) is 1. The van der Waals surface area contributed by atoms with Gasteiger partial charge in [0.1, 0.15) is 0 Å². The molecule has 0 amide bonds. The highest BCUT2D eigenvalue weighted by Gasteiger charge is 2.27. The fourth-order valence-corrected chi connectivity index (χ4v) is 3.13. The minimum Gasteiger partial charge on any atom is -0.377 e. The molecule has 1 aliphatic rings. The Hall–Kier alpha value is -0.210. The quantitative estimate of drug-likeness (QED) is 0.660. The van der Waals surface area contributed by atoms with Gasteiger partial charge in [-0.3, -0.25) is 0 Å². The van der Waals surface area contributed by atoms with Crippen molar-refractivity contribution < 1.29 is 13.2 Å². The molecule has 1 heterocycles. The van der Waals surface area contributed by atoms with Gasteiger partial charge >= 0.3 is 0 Å². The third kappa shape index (κ3) is 4.89. The molecule has 102 valence electrons. The summed E-state index contributed by atoms with van der Waals surface area (Å²) in [5, 5.41) is 0. The fourth-order valence-electron chi connectivity index (χ4n) is 1.80. The molecule has 0 saturated carbocycles. The van der Waals surface area contributed by atoms with Crippen LogP contribution in [0, 0.1) is 0 Å². The van der Waals surface area contributed by atoms with Crippen LogP contribution in [0.1, 0.15) is 26.2 Å². The lowest BCUT2D eigenvalue weighted by Gasteiger charge is -2.31.